The summed E-state index contributed by atoms with van der Waals surface area (Å²) in [5, 5.41) is 1.95. The van der Waals surface area contributed by atoms with Crippen LogP contribution in [-0.4, -0.2) is 41.7 Å². The second kappa shape index (κ2) is 11.7. The summed E-state index contributed by atoms with van der Waals surface area (Å²) >= 11 is 2.12. The number of aryl methyl sites for hydroxylation is 1. The number of carbonyl (C=O) groups excluding carboxylic acids is 3. The first-order chi connectivity index (χ1) is 21.5. The number of thiazole rings is 1. The van der Waals surface area contributed by atoms with Crippen LogP contribution in [-0.2, 0) is 20.6 Å². The Bertz CT molecular complexity index is 1870. The minimum absolute atomic E-state index is 0.125. The number of halogens is 3. The number of amides is 3. The van der Waals surface area contributed by atoms with Crippen LogP contribution in [0.2, 0.25) is 0 Å². The van der Waals surface area contributed by atoms with E-state index in [0.717, 1.165) is 40.8 Å². The third kappa shape index (κ3) is 5.71. The van der Waals surface area contributed by atoms with Crippen LogP contribution in [0.3, 0.4) is 0 Å². The summed E-state index contributed by atoms with van der Waals surface area (Å²) < 4.78 is 51.1. The Morgan fingerprint density at radius 3 is 2.44 bits per heavy atom. The Balaban J connectivity index is 1.28. The number of alkyl halides is 3. The number of nitrogens with one attached hydrogen (secondary N) is 2. The van der Waals surface area contributed by atoms with E-state index in [0.29, 0.717) is 21.2 Å². The number of anilines is 2. The third-order valence-electron chi connectivity index (χ3n) is 7.53. The molecule has 1 aromatic heterocycles. The first-order valence-corrected chi connectivity index (χ1v) is 15.3. The van der Waals surface area contributed by atoms with Crippen molar-refractivity contribution >= 4 is 52.2 Å². The van der Waals surface area contributed by atoms with E-state index in [1.807, 2.05) is 19.1 Å². The highest BCUT2D eigenvalue weighted by atomic mass is 32.2. The molecule has 3 heterocycles. The Morgan fingerprint density at radius 2 is 1.73 bits per heavy atom. The second-order valence-electron chi connectivity index (χ2n) is 10.4. The molecule has 0 aliphatic carbocycles. The highest BCUT2D eigenvalue weighted by molar-refractivity contribution is 8.00. The number of thioether (sulfide) groups is 1. The fourth-order valence-corrected chi connectivity index (χ4v) is 8.01. The first-order valence-electron chi connectivity index (χ1n) is 13.6. The van der Waals surface area contributed by atoms with Crippen LogP contribution in [0.25, 0.3) is 0 Å². The maximum Gasteiger partial charge on any atom is 0.418 e. The molecular formula is C31H24F3N3O6S2. The van der Waals surface area contributed by atoms with Crippen molar-refractivity contribution in [2.24, 2.45) is 5.92 Å². The number of aromatic nitrogens is 1. The highest BCUT2D eigenvalue weighted by Gasteiger charge is 2.56. The molecule has 1 saturated heterocycles. The van der Waals surface area contributed by atoms with Crippen molar-refractivity contribution in [3.63, 3.8) is 0 Å². The molecule has 1 fully saturated rings. The molecule has 14 heteroatoms. The lowest BCUT2D eigenvalue weighted by atomic mass is 9.83. The molecule has 232 valence electrons. The predicted octanol–water partition coefficient (Wildman–Crippen LogP) is 5.59. The van der Waals surface area contributed by atoms with Crippen LogP contribution >= 0.6 is 23.1 Å². The number of carbonyl (C=O) groups is 3. The van der Waals surface area contributed by atoms with E-state index >= 15 is 0 Å². The van der Waals surface area contributed by atoms with Crippen molar-refractivity contribution < 1.29 is 37.0 Å². The summed E-state index contributed by atoms with van der Waals surface area (Å²) in [4.78, 5) is 56.7. The smallest absolute Gasteiger partial charge is 0.418 e. The van der Waals surface area contributed by atoms with Crippen molar-refractivity contribution in [1.82, 2.24) is 4.98 Å². The minimum atomic E-state index is -4.66. The molecule has 6 rings (SSSR count). The van der Waals surface area contributed by atoms with Gasteiger partial charge in [0.15, 0.2) is 18.1 Å². The van der Waals surface area contributed by atoms with Crippen LogP contribution in [0.1, 0.15) is 27.5 Å². The van der Waals surface area contributed by atoms with E-state index in [2.05, 4.69) is 10.3 Å². The third-order valence-corrected chi connectivity index (χ3v) is 9.93. The van der Waals surface area contributed by atoms with Gasteiger partial charge >= 0.3 is 11.0 Å². The summed E-state index contributed by atoms with van der Waals surface area (Å²) in [6.07, 6.45) is -4.66. The van der Waals surface area contributed by atoms with Gasteiger partial charge in [0.05, 0.1) is 35.0 Å². The first kappa shape index (κ1) is 30.5. The van der Waals surface area contributed by atoms with Gasteiger partial charge in [-0.05, 0) is 48.9 Å². The lowest BCUT2D eigenvalue weighted by Crippen LogP contribution is -2.32. The predicted molar refractivity (Wildman–Crippen MR) is 162 cm³/mol. The lowest BCUT2D eigenvalue weighted by molar-refractivity contribution is -0.137. The number of nitrogens with zero attached hydrogens (tertiary/aromatic N) is 1. The van der Waals surface area contributed by atoms with E-state index in [1.165, 1.54) is 30.2 Å². The zero-order valence-electron chi connectivity index (χ0n) is 23.6. The number of benzene rings is 3. The van der Waals surface area contributed by atoms with Crippen molar-refractivity contribution in [2.75, 3.05) is 23.9 Å². The quantitative estimate of drug-likeness (QED) is 0.250. The van der Waals surface area contributed by atoms with Gasteiger partial charge in [0.1, 0.15) is 5.25 Å². The van der Waals surface area contributed by atoms with E-state index in [4.69, 9.17) is 9.47 Å². The Kier molecular flexibility index (Phi) is 7.95. The average Bonchev–Trinajstić information content (AvgIpc) is 3.50. The van der Waals surface area contributed by atoms with Gasteiger partial charge in [-0.3, -0.25) is 19.2 Å². The van der Waals surface area contributed by atoms with Crippen molar-refractivity contribution in [2.45, 2.75) is 29.3 Å². The van der Waals surface area contributed by atoms with Gasteiger partial charge in [-0.15, -0.1) is 0 Å². The number of ether oxygens (including phenoxy) is 2. The number of H-pyrrole nitrogens is 1. The van der Waals surface area contributed by atoms with Gasteiger partial charge in [0.2, 0.25) is 11.8 Å². The molecular weight excluding hydrogens is 631 g/mol. The molecule has 2 N–H and O–H groups in total. The molecule has 2 aliphatic rings. The Labute approximate surface area is 262 Å². The molecule has 0 bridgehead atoms. The number of imide groups is 1. The van der Waals surface area contributed by atoms with Gasteiger partial charge in [-0.1, -0.05) is 59.0 Å². The topological polar surface area (TPSA) is 118 Å². The van der Waals surface area contributed by atoms with E-state index in [1.54, 1.807) is 24.3 Å². The summed E-state index contributed by atoms with van der Waals surface area (Å²) in [7, 11) is 1.37. The van der Waals surface area contributed by atoms with Crippen molar-refractivity contribution in [1.29, 1.82) is 0 Å². The molecule has 0 radical (unpaired) electrons. The SMILES string of the molecule is COc1cc([C@@H]2c3sc(=O)[nH]c3S[C@H]3C(=O)N(c4ccc(C)cc4)C(=O)[C@@H]23)ccc1OCC(=O)Nc1ccccc1C(F)(F)F. The Hall–Kier alpha value is -4.56. The Morgan fingerprint density at radius 1 is 1.00 bits per heavy atom. The summed E-state index contributed by atoms with van der Waals surface area (Å²) in [5.74, 6) is -2.79. The number of fused-ring (bicyclic) bond motifs is 2. The average molecular weight is 656 g/mol. The normalized spacial score (nSPS) is 19.2. The van der Waals surface area contributed by atoms with Crippen LogP contribution in [0.15, 0.2) is 76.6 Å². The van der Waals surface area contributed by atoms with Gasteiger partial charge < -0.3 is 19.8 Å². The minimum Gasteiger partial charge on any atom is -0.493 e. The maximum absolute atomic E-state index is 13.9. The number of hydrogen-bond acceptors (Lipinski definition) is 8. The van der Waals surface area contributed by atoms with Gasteiger partial charge in [-0.2, -0.15) is 13.2 Å². The molecule has 3 amide bonds. The number of para-hydroxylation sites is 1. The van der Waals surface area contributed by atoms with Gasteiger partial charge in [0.25, 0.3) is 5.91 Å². The zero-order chi connectivity index (χ0) is 32.0. The standard InChI is InChI=1S/C31H24F3N3O6S2/c1-15-7-10-17(11-8-15)37-28(39)24-23(25-27(36-30(41)45-25)44-26(24)29(37)40)16-9-12-20(21(13-16)42-2)43-14-22(38)35-19-6-4-3-5-18(19)31(32,33)34/h3-13,23-24,26H,14H2,1-2H3,(H,35,38)(H,36,41)/t23-,24-,26+/m0/s1. The van der Waals surface area contributed by atoms with Crippen molar-refractivity contribution in [3.8, 4) is 11.5 Å². The molecule has 3 aromatic carbocycles. The fourth-order valence-electron chi connectivity index (χ4n) is 5.49. The number of hydrogen-bond donors (Lipinski definition) is 2. The molecule has 45 heavy (non-hydrogen) atoms. The highest BCUT2D eigenvalue weighted by Crippen LogP contribution is 2.53. The number of rotatable bonds is 7. The van der Waals surface area contributed by atoms with E-state index in [-0.39, 0.29) is 22.3 Å². The second-order valence-corrected chi connectivity index (χ2v) is 12.6. The molecule has 4 aromatic rings. The maximum atomic E-state index is 13.9. The fraction of sp³-hybridized carbons (Fsp3) is 0.226. The van der Waals surface area contributed by atoms with Crippen molar-refractivity contribution in [3.05, 3.63) is 98.0 Å². The van der Waals surface area contributed by atoms with E-state index < -0.39 is 52.9 Å². The lowest BCUT2D eigenvalue weighted by Gasteiger charge is -2.30. The molecule has 0 saturated carbocycles. The molecule has 9 nitrogen and oxygen atoms in total. The van der Waals surface area contributed by atoms with Crippen LogP contribution < -0.4 is 24.6 Å². The van der Waals surface area contributed by atoms with Crippen LogP contribution in [0.4, 0.5) is 24.5 Å². The molecule has 3 atom stereocenters. The molecule has 2 aliphatic heterocycles. The summed E-state index contributed by atoms with van der Waals surface area (Å²) in [6, 6.07) is 16.4. The van der Waals surface area contributed by atoms with Crippen LogP contribution in [0.5, 0.6) is 11.5 Å². The monoisotopic (exact) mass is 655 g/mol. The van der Waals surface area contributed by atoms with Crippen LogP contribution in [0, 0.1) is 12.8 Å². The van der Waals surface area contributed by atoms with Gasteiger partial charge in [-0.25, -0.2) is 4.90 Å². The van der Waals surface area contributed by atoms with Gasteiger partial charge in [0, 0.05) is 10.8 Å². The molecule has 0 spiro atoms. The number of methoxy groups -OCH3 is 1. The largest absolute Gasteiger partial charge is 0.493 e. The zero-order valence-corrected chi connectivity index (χ0v) is 25.3. The van der Waals surface area contributed by atoms with E-state index in [9.17, 15) is 32.3 Å². The molecule has 0 unspecified atom stereocenters. The summed E-state index contributed by atoms with van der Waals surface area (Å²) in [6.45, 7) is 1.28. The summed E-state index contributed by atoms with van der Waals surface area (Å²) in [5.41, 5.74) is 0.610. The number of aromatic amines is 1.